The van der Waals surface area contributed by atoms with Crippen LogP contribution in [0.1, 0.15) is 24.1 Å². The minimum Gasteiger partial charge on any atom is -0.475 e. The van der Waals surface area contributed by atoms with Crippen LogP contribution >= 0.6 is 0 Å². The van der Waals surface area contributed by atoms with Gasteiger partial charge in [0.2, 0.25) is 5.88 Å². The summed E-state index contributed by atoms with van der Waals surface area (Å²) in [5.74, 6) is 0.674. The lowest BCUT2D eigenvalue weighted by Gasteiger charge is -2.09. The van der Waals surface area contributed by atoms with Gasteiger partial charge in [-0.3, -0.25) is 0 Å². The Morgan fingerprint density at radius 2 is 2.00 bits per heavy atom. The van der Waals surface area contributed by atoms with Crippen molar-refractivity contribution in [1.82, 2.24) is 10.3 Å². The Hall–Kier alpha value is -1.17. The Morgan fingerprint density at radius 1 is 1.20 bits per heavy atom. The topological polar surface area (TPSA) is 52.6 Å². The largest absolute Gasteiger partial charge is 0.475 e. The highest BCUT2D eigenvalue weighted by atomic mass is 16.5. The molecule has 112 valence electrons. The number of rotatable bonds is 10. The van der Waals surface area contributed by atoms with Gasteiger partial charge in [-0.1, -0.05) is 0 Å². The summed E-state index contributed by atoms with van der Waals surface area (Å²) in [6.07, 6.45) is 2.60. The zero-order valence-electron chi connectivity index (χ0n) is 12.4. The first-order valence-electron chi connectivity index (χ1n) is 7.18. The van der Waals surface area contributed by atoms with E-state index in [1.807, 2.05) is 13.0 Å². The summed E-state index contributed by atoms with van der Waals surface area (Å²) in [7, 11) is 1.66. The summed E-state index contributed by atoms with van der Waals surface area (Å²) in [6, 6.07) is 4.80. The van der Waals surface area contributed by atoms with E-state index in [0.29, 0.717) is 38.3 Å². The molecule has 0 spiro atoms. The highest BCUT2D eigenvalue weighted by molar-refractivity contribution is 5.24. The quantitative estimate of drug-likeness (QED) is 0.661. The van der Waals surface area contributed by atoms with Crippen LogP contribution in [0.2, 0.25) is 0 Å². The summed E-state index contributed by atoms with van der Waals surface area (Å²) in [4.78, 5) is 4.38. The molecule has 0 amide bonds. The van der Waals surface area contributed by atoms with Crippen molar-refractivity contribution in [3.05, 3.63) is 23.4 Å². The van der Waals surface area contributed by atoms with Gasteiger partial charge >= 0.3 is 0 Å². The highest BCUT2D eigenvalue weighted by Crippen LogP contribution is 2.20. The number of hydrogen-bond donors (Lipinski definition) is 1. The van der Waals surface area contributed by atoms with Crippen LogP contribution in [0.25, 0.3) is 0 Å². The maximum atomic E-state index is 5.63. The van der Waals surface area contributed by atoms with Crippen molar-refractivity contribution in [3.8, 4) is 5.88 Å². The zero-order chi connectivity index (χ0) is 14.2. The molecule has 0 bridgehead atoms. The second-order valence-corrected chi connectivity index (χ2v) is 5.06. The number of hydrogen-bond acceptors (Lipinski definition) is 5. The molecule has 1 aliphatic carbocycles. The molecule has 0 unspecified atom stereocenters. The molecule has 1 saturated carbocycles. The van der Waals surface area contributed by atoms with E-state index < -0.39 is 0 Å². The fraction of sp³-hybridized carbons (Fsp3) is 0.667. The van der Waals surface area contributed by atoms with E-state index in [0.717, 1.165) is 12.2 Å². The fourth-order valence-corrected chi connectivity index (χ4v) is 1.88. The predicted octanol–water partition coefficient (Wildman–Crippen LogP) is 1.68. The summed E-state index contributed by atoms with van der Waals surface area (Å²) in [5.41, 5.74) is 2.20. The normalized spacial score (nSPS) is 14.5. The number of pyridine rings is 1. The average Bonchev–Trinajstić information content (AvgIpc) is 3.24. The zero-order valence-corrected chi connectivity index (χ0v) is 12.4. The smallest absolute Gasteiger partial charge is 0.213 e. The highest BCUT2D eigenvalue weighted by Gasteiger charge is 2.20. The number of aromatic nitrogens is 1. The number of nitrogens with zero attached hydrogens (tertiary/aromatic N) is 1. The van der Waals surface area contributed by atoms with Gasteiger partial charge < -0.3 is 19.5 Å². The van der Waals surface area contributed by atoms with Crippen LogP contribution in [0.15, 0.2) is 12.1 Å². The van der Waals surface area contributed by atoms with Crippen molar-refractivity contribution in [2.75, 3.05) is 33.5 Å². The monoisotopic (exact) mass is 280 g/mol. The van der Waals surface area contributed by atoms with E-state index in [4.69, 9.17) is 14.2 Å². The molecular formula is C15H24N2O3. The maximum absolute atomic E-state index is 5.63. The van der Waals surface area contributed by atoms with E-state index in [-0.39, 0.29) is 0 Å². The Bertz CT molecular complexity index is 408. The van der Waals surface area contributed by atoms with Crippen LogP contribution in [0.3, 0.4) is 0 Å². The number of methoxy groups -OCH3 is 1. The lowest BCUT2D eigenvalue weighted by Crippen LogP contribution is -2.16. The molecule has 2 rings (SSSR count). The molecule has 0 aliphatic heterocycles. The lowest BCUT2D eigenvalue weighted by molar-refractivity contribution is 0.0536. The Labute approximate surface area is 120 Å². The van der Waals surface area contributed by atoms with E-state index in [1.54, 1.807) is 7.11 Å². The second-order valence-electron chi connectivity index (χ2n) is 5.06. The van der Waals surface area contributed by atoms with Crippen LogP contribution in [-0.4, -0.2) is 44.6 Å². The maximum Gasteiger partial charge on any atom is 0.213 e. The molecule has 1 fully saturated rings. The first kappa shape index (κ1) is 15.2. The third-order valence-electron chi connectivity index (χ3n) is 3.07. The van der Waals surface area contributed by atoms with Crippen LogP contribution in [0.5, 0.6) is 5.88 Å². The standard InChI is InChI=1S/C15H24N2O3/c1-12-9-13(11-16-14-3-4-14)10-15(17-12)20-8-7-19-6-5-18-2/h9-10,14,16H,3-8,11H2,1-2H3. The van der Waals surface area contributed by atoms with Crippen molar-refractivity contribution in [2.24, 2.45) is 0 Å². The summed E-state index contributed by atoms with van der Waals surface area (Å²) in [5, 5.41) is 3.50. The molecule has 5 nitrogen and oxygen atoms in total. The third-order valence-corrected chi connectivity index (χ3v) is 3.07. The first-order chi connectivity index (χ1) is 9.78. The van der Waals surface area contributed by atoms with Gasteiger partial charge in [-0.25, -0.2) is 4.98 Å². The number of nitrogens with one attached hydrogen (secondary N) is 1. The molecule has 20 heavy (non-hydrogen) atoms. The molecule has 1 aliphatic rings. The molecule has 0 saturated heterocycles. The van der Waals surface area contributed by atoms with Crippen molar-refractivity contribution < 1.29 is 14.2 Å². The molecule has 1 aromatic heterocycles. The van der Waals surface area contributed by atoms with Gasteiger partial charge in [-0.2, -0.15) is 0 Å². The number of ether oxygens (including phenoxy) is 3. The van der Waals surface area contributed by atoms with Crippen LogP contribution < -0.4 is 10.1 Å². The van der Waals surface area contributed by atoms with E-state index >= 15 is 0 Å². The van der Waals surface area contributed by atoms with E-state index in [1.165, 1.54) is 18.4 Å². The van der Waals surface area contributed by atoms with Crippen LogP contribution in [0, 0.1) is 6.92 Å². The van der Waals surface area contributed by atoms with Crippen LogP contribution in [0.4, 0.5) is 0 Å². The minimum atomic E-state index is 0.510. The molecule has 1 heterocycles. The van der Waals surface area contributed by atoms with Gasteiger partial charge in [0, 0.05) is 31.5 Å². The second kappa shape index (κ2) is 8.19. The molecule has 5 heteroatoms. The fourth-order valence-electron chi connectivity index (χ4n) is 1.88. The molecule has 1 N–H and O–H groups in total. The van der Waals surface area contributed by atoms with Gasteiger partial charge in [0.25, 0.3) is 0 Å². The van der Waals surface area contributed by atoms with Gasteiger partial charge in [0.15, 0.2) is 0 Å². The first-order valence-corrected chi connectivity index (χ1v) is 7.18. The average molecular weight is 280 g/mol. The summed E-state index contributed by atoms with van der Waals surface area (Å²) in [6.45, 7) is 5.14. The third kappa shape index (κ3) is 5.86. The molecule has 0 atom stereocenters. The summed E-state index contributed by atoms with van der Waals surface area (Å²) >= 11 is 0. The molecule has 0 aromatic carbocycles. The Kier molecular flexibility index (Phi) is 6.24. The molecular weight excluding hydrogens is 256 g/mol. The SMILES string of the molecule is COCCOCCOc1cc(CNC2CC2)cc(C)n1. The predicted molar refractivity (Wildman–Crippen MR) is 77.0 cm³/mol. The van der Waals surface area contributed by atoms with E-state index in [9.17, 15) is 0 Å². The Balaban J connectivity index is 1.72. The van der Waals surface area contributed by atoms with Crippen molar-refractivity contribution in [2.45, 2.75) is 32.4 Å². The van der Waals surface area contributed by atoms with Gasteiger partial charge in [0.1, 0.15) is 6.61 Å². The summed E-state index contributed by atoms with van der Waals surface area (Å²) < 4.78 is 15.9. The van der Waals surface area contributed by atoms with Crippen molar-refractivity contribution >= 4 is 0 Å². The van der Waals surface area contributed by atoms with Crippen LogP contribution in [-0.2, 0) is 16.0 Å². The van der Waals surface area contributed by atoms with E-state index in [2.05, 4.69) is 16.4 Å². The van der Waals surface area contributed by atoms with Gasteiger partial charge in [-0.15, -0.1) is 0 Å². The lowest BCUT2D eigenvalue weighted by atomic mass is 10.2. The van der Waals surface area contributed by atoms with Crippen molar-refractivity contribution in [1.29, 1.82) is 0 Å². The van der Waals surface area contributed by atoms with Gasteiger partial charge in [0.05, 0.1) is 19.8 Å². The van der Waals surface area contributed by atoms with Crippen molar-refractivity contribution in [3.63, 3.8) is 0 Å². The Morgan fingerprint density at radius 3 is 2.75 bits per heavy atom. The number of aryl methyl sites for hydroxylation is 1. The molecule has 0 radical (unpaired) electrons. The molecule has 1 aromatic rings. The van der Waals surface area contributed by atoms with Gasteiger partial charge in [-0.05, 0) is 31.4 Å². The minimum absolute atomic E-state index is 0.510.